The van der Waals surface area contributed by atoms with E-state index >= 15 is 0 Å². The van der Waals surface area contributed by atoms with Crippen LogP contribution in [-0.4, -0.2) is 508 Å². The third kappa shape index (κ3) is 109. The van der Waals surface area contributed by atoms with E-state index < -0.39 is 0 Å². The maximum absolute atomic E-state index is 0. The summed E-state index contributed by atoms with van der Waals surface area (Å²) in [7, 11) is 0. The number of hydrogen-bond acceptors (Lipinski definition) is 0. The smallest absolute Gasteiger partial charge is 0 e. The van der Waals surface area contributed by atoms with Gasteiger partial charge < -0.3 is 0 Å². The van der Waals surface area contributed by atoms with Crippen molar-refractivity contribution in [1.82, 2.24) is 0 Å². The maximum Gasteiger partial charge on any atom is 0 e. The molecule has 0 N–H and O–H groups in total. The Hall–Kier alpha value is 17.1. The molecule has 0 aliphatic heterocycles. The molecule has 0 amide bonds. The van der Waals surface area contributed by atoms with Gasteiger partial charge in [-0.1, -0.05) is 0 Å². The van der Waals surface area contributed by atoms with E-state index in [2.05, 4.69) is 0 Å². The van der Waals surface area contributed by atoms with E-state index in [9.17, 15) is 0 Å². The topological polar surface area (TPSA) is 0 Å². The zero-order valence-electron chi connectivity index (χ0n) is 13.7. The molecule has 0 saturated heterocycles. The van der Waals surface area contributed by atoms with Crippen LogP contribution in [0.4, 0.5) is 0 Å². The Labute approximate surface area is 490 Å². The number of hydrogen-bond donors (Lipinski definition) is 0. The van der Waals surface area contributed by atoms with Crippen molar-refractivity contribution >= 4 is 508 Å². The first-order valence-corrected chi connectivity index (χ1v) is 0. The minimum absolute atomic E-state index is 0. The molecular formula is BaNa10Pb6. The normalized spacial score (nSPS) is 0. The molecule has 0 aromatic carbocycles. The molecule has 0 aliphatic rings. The van der Waals surface area contributed by atoms with Crippen LogP contribution in [0, 0.1) is 0 Å². The van der Waals surface area contributed by atoms with E-state index in [1.807, 2.05) is 0 Å². The molecule has 0 bridgehead atoms. The van der Waals surface area contributed by atoms with E-state index in [-0.39, 0.29) is 508 Å². The molecule has 0 heterocycles. The van der Waals surface area contributed by atoms with Crippen LogP contribution in [0.1, 0.15) is 0 Å². The van der Waals surface area contributed by atoms with Crippen molar-refractivity contribution in [2.75, 3.05) is 0 Å². The van der Waals surface area contributed by atoms with Crippen LogP contribution in [0.3, 0.4) is 0 Å². The van der Waals surface area contributed by atoms with Crippen molar-refractivity contribution in [2.24, 2.45) is 0 Å². The van der Waals surface area contributed by atoms with Gasteiger partial charge in [-0.15, -0.1) is 0 Å². The van der Waals surface area contributed by atoms with Crippen LogP contribution in [0.5, 0.6) is 0 Å². The molecule has 0 aromatic heterocycles. The Balaban J connectivity index is 0. The van der Waals surface area contributed by atoms with Crippen LogP contribution in [0.2, 0.25) is 0 Å². The van der Waals surface area contributed by atoms with Gasteiger partial charge in [0.1, 0.15) is 0 Å². The molecule has 0 nitrogen and oxygen atoms in total. The van der Waals surface area contributed by atoms with Gasteiger partial charge in [0.05, 0.1) is 0 Å². The van der Waals surface area contributed by atoms with Crippen molar-refractivity contribution in [3.8, 4) is 0 Å². The van der Waals surface area contributed by atoms with Gasteiger partial charge in [-0.2, -0.15) is 0 Å². The molecule has 0 aromatic rings. The maximum atomic E-state index is 0. The van der Waals surface area contributed by atoms with Gasteiger partial charge in [0.15, 0.2) is 0 Å². The van der Waals surface area contributed by atoms with Crippen LogP contribution < -0.4 is 0 Å². The third-order valence-electron chi connectivity index (χ3n) is 0. The fraction of sp³-hybridized carbons (Fsp3) is 0. The zero-order valence-corrected chi connectivity index (χ0v) is 61.5. The molecule has 17 heavy (non-hydrogen) atoms. The summed E-state index contributed by atoms with van der Waals surface area (Å²) in [6, 6.07) is 0. The summed E-state index contributed by atoms with van der Waals surface area (Å²) in [5.74, 6) is 0. The standard InChI is InChI=1S/Ba.10Na.6Pb. The molecule has 0 spiro atoms. The third-order valence-corrected chi connectivity index (χ3v) is 0. The first kappa shape index (κ1) is 128. The van der Waals surface area contributed by atoms with Crippen molar-refractivity contribution in [3.05, 3.63) is 0 Å². The van der Waals surface area contributed by atoms with E-state index in [0.29, 0.717) is 0 Å². The summed E-state index contributed by atoms with van der Waals surface area (Å²) in [5.41, 5.74) is 0. The van der Waals surface area contributed by atoms with Crippen LogP contribution in [0.25, 0.3) is 0 Å². The Kier molecular flexibility index (Phi) is 876. The second-order valence-electron chi connectivity index (χ2n) is 0. The molecule has 0 unspecified atom stereocenters. The van der Waals surface area contributed by atoms with E-state index in [1.54, 1.807) is 0 Å². The van der Waals surface area contributed by atoms with Crippen molar-refractivity contribution in [1.29, 1.82) is 0 Å². The van der Waals surface area contributed by atoms with Gasteiger partial charge in [-0.25, -0.2) is 0 Å². The number of rotatable bonds is 0. The molecule has 0 aliphatic carbocycles. The van der Waals surface area contributed by atoms with E-state index in [1.165, 1.54) is 0 Å². The van der Waals surface area contributed by atoms with Gasteiger partial charge in [-0.3, -0.25) is 0 Å². The summed E-state index contributed by atoms with van der Waals surface area (Å²) in [6.07, 6.45) is 0. The van der Waals surface area contributed by atoms with Gasteiger partial charge in [0, 0.05) is 508 Å². The molecule has 36 valence electrons. The van der Waals surface area contributed by atoms with Crippen LogP contribution >= 0.6 is 0 Å². The van der Waals surface area contributed by atoms with Gasteiger partial charge in [0.2, 0.25) is 0 Å². The Morgan fingerprint density at radius 3 is 0.176 bits per heavy atom. The molecule has 17 heteroatoms. The Morgan fingerprint density at radius 1 is 0.176 bits per heavy atom. The van der Waals surface area contributed by atoms with Crippen LogP contribution in [0.15, 0.2) is 0 Å². The largest absolute Gasteiger partial charge is 0 e. The summed E-state index contributed by atoms with van der Waals surface area (Å²) in [4.78, 5) is 0. The van der Waals surface area contributed by atoms with Gasteiger partial charge >= 0.3 is 0 Å². The predicted molar refractivity (Wildman–Crippen MR) is 97.8 cm³/mol. The first-order valence-electron chi connectivity index (χ1n) is 0. The van der Waals surface area contributed by atoms with Gasteiger partial charge in [0.25, 0.3) is 0 Å². The van der Waals surface area contributed by atoms with Crippen molar-refractivity contribution in [3.63, 3.8) is 0 Å². The Bertz CT molecular complexity index is 20.8. The molecule has 0 rings (SSSR count). The quantitative estimate of drug-likeness (QED) is 0.212. The van der Waals surface area contributed by atoms with E-state index in [0.717, 1.165) is 0 Å². The molecule has 36 radical (unpaired) electrons. The molecular weight excluding hydrogens is 1610 g/mol. The molecule has 0 atom stereocenters. The second kappa shape index (κ2) is 117. The fourth-order valence-electron chi connectivity index (χ4n) is 0. The summed E-state index contributed by atoms with van der Waals surface area (Å²) in [6.45, 7) is 0. The zero-order chi connectivity index (χ0) is 0. The van der Waals surface area contributed by atoms with Crippen molar-refractivity contribution < 1.29 is 0 Å². The average Bonchev–Trinajstić information content (AvgIpc) is 0. The fourth-order valence-corrected chi connectivity index (χ4v) is 0. The average molecular weight is 1610 g/mol. The molecule has 0 saturated carbocycles. The Morgan fingerprint density at radius 2 is 0.176 bits per heavy atom. The first-order chi connectivity index (χ1) is 0. The van der Waals surface area contributed by atoms with Crippen molar-refractivity contribution in [2.45, 2.75) is 0 Å². The predicted octanol–water partition coefficient (Wildman–Crippen LogP) is -6.47. The SMILES string of the molecule is [Ba].[Na].[Na].[Na].[Na].[Na].[Na].[Na].[Na].[Na].[Na].[Pb].[Pb].[Pb].[Pb].[Pb].[Pb]. The van der Waals surface area contributed by atoms with Crippen LogP contribution in [-0.2, 0) is 0 Å². The molecule has 0 fully saturated rings. The van der Waals surface area contributed by atoms with Gasteiger partial charge in [-0.05, 0) is 0 Å². The summed E-state index contributed by atoms with van der Waals surface area (Å²) >= 11 is 0. The second-order valence-corrected chi connectivity index (χ2v) is 0. The minimum Gasteiger partial charge on any atom is 0 e. The van der Waals surface area contributed by atoms with E-state index in [4.69, 9.17) is 0 Å². The summed E-state index contributed by atoms with van der Waals surface area (Å²) < 4.78 is 0. The minimum atomic E-state index is 0. The summed E-state index contributed by atoms with van der Waals surface area (Å²) in [5, 5.41) is 0. The monoisotopic (exact) mass is 1620 g/mol.